The Kier molecular flexibility index (Phi) is 5.39. The van der Waals surface area contributed by atoms with Crippen LogP contribution in [-0.4, -0.2) is 14.2 Å². The second-order valence-electron chi connectivity index (χ2n) is 5.28. The molecule has 3 rings (SSSR count). The van der Waals surface area contributed by atoms with Gasteiger partial charge in [0.05, 0.1) is 16.9 Å². The molecule has 0 bridgehead atoms. The molecule has 0 spiro atoms. The van der Waals surface area contributed by atoms with Gasteiger partial charge in [-0.15, -0.1) is 11.3 Å². The molecule has 0 radical (unpaired) electrons. The largest absolute Gasteiger partial charge is 0.461 e. The van der Waals surface area contributed by atoms with E-state index >= 15 is 0 Å². The molecule has 2 heterocycles. The summed E-state index contributed by atoms with van der Waals surface area (Å²) in [7, 11) is -3.51. The number of ketones is 1. The summed E-state index contributed by atoms with van der Waals surface area (Å²) in [6.45, 7) is 0.124. The van der Waals surface area contributed by atoms with Crippen LogP contribution in [0, 0.1) is 0 Å². The van der Waals surface area contributed by atoms with Gasteiger partial charge in [-0.2, -0.15) is 0 Å². The van der Waals surface area contributed by atoms with E-state index in [1.165, 1.54) is 17.6 Å². The van der Waals surface area contributed by atoms with E-state index in [1.54, 1.807) is 48.5 Å². The third-order valence-corrected chi connectivity index (χ3v) is 5.96. The van der Waals surface area contributed by atoms with Gasteiger partial charge in [-0.1, -0.05) is 23.7 Å². The third-order valence-electron chi connectivity index (χ3n) is 3.34. The van der Waals surface area contributed by atoms with Crippen molar-refractivity contribution in [3.05, 3.63) is 80.9 Å². The molecule has 0 unspecified atom stereocenters. The standard InChI is InChI=1S/C17H14ClNO4S2/c18-13-4-1-3-12(9-13)11-25(21,22)19-10-14-6-7-16(24-14)17(20)15-5-2-8-23-15/h1-9,19H,10-11H2. The second kappa shape index (κ2) is 7.53. The number of carbonyl (C=O) groups excluding carboxylic acids is 1. The lowest BCUT2D eigenvalue weighted by Crippen LogP contribution is -2.24. The van der Waals surface area contributed by atoms with Crippen molar-refractivity contribution in [1.29, 1.82) is 0 Å². The fraction of sp³-hybridized carbons (Fsp3) is 0.118. The normalized spacial score (nSPS) is 11.6. The fourth-order valence-electron chi connectivity index (χ4n) is 2.20. The highest BCUT2D eigenvalue weighted by atomic mass is 35.5. The van der Waals surface area contributed by atoms with Crippen molar-refractivity contribution >= 4 is 38.7 Å². The van der Waals surface area contributed by atoms with E-state index in [9.17, 15) is 13.2 Å². The van der Waals surface area contributed by atoms with Crippen LogP contribution < -0.4 is 4.72 Å². The van der Waals surface area contributed by atoms with Gasteiger partial charge in [0.1, 0.15) is 0 Å². The Bertz CT molecular complexity index is 978. The molecule has 0 aliphatic rings. The first-order valence-corrected chi connectivity index (χ1v) is 10.2. The van der Waals surface area contributed by atoms with E-state index in [-0.39, 0.29) is 23.8 Å². The van der Waals surface area contributed by atoms with Crippen molar-refractivity contribution in [2.75, 3.05) is 0 Å². The number of nitrogens with one attached hydrogen (secondary N) is 1. The number of furan rings is 1. The number of hydrogen-bond donors (Lipinski definition) is 1. The van der Waals surface area contributed by atoms with Crippen molar-refractivity contribution in [2.45, 2.75) is 12.3 Å². The number of hydrogen-bond acceptors (Lipinski definition) is 5. The van der Waals surface area contributed by atoms with Gasteiger partial charge in [-0.25, -0.2) is 13.1 Å². The predicted molar refractivity (Wildman–Crippen MR) is 97.4 cm³/mol. The molecule has 0 saturated heterocycles. The summed E-state index contributed by atoms with van der Waals surface area (Å²) in [5.74, 6) is -0.116. The van der Waals surface area contributed by atoms with E-state index < -0.39 is 10.0 Å². The Morgan fingerprint density at radius 2 is 2.00 bits per heavy atom. The van der Waals surface area contributed by atoms with Crippen molar-refractivity contribution in [3.63, 3.8) is 0 Å². The zero-order valence-electron chi connectivity index (χ0n) is 12.9. The zero-order valence-corrected chi connectivity index (χ0v) is 15.3. The summed E-state index contributed by atoms with van der Waals surface area (Å²) in [5.41, 5.74) is 0.611. The lowest BCUT2D eigenvalue weighted by atomic mass is 10.2. The fourth-order valence-corrected chi connectivity index (χ4v) is 4.49. The molecule has 25 heavy (non-hydrogen) atoms. The van der Waals surface area contributed by atoms with Crippen LogP contribution in [0.1, 0.15) is 25.9 Å². The van der Waals surface area contributed by atoms with Crippen LogP contribution in [0.2, 0.25) is 5.02 Å². The lowest BCUT2D eigenvalue weighted by Gasteiger charge is -2.06. The highest BCUT2D eigenvalue weighted by molar-refractivity contribution is 7.88. The van der Waals surface area contributed by atoms with E-state index in [2.05, 4.69) is 4.72 Å². The molecular weight excluding hydrogens is 382 g/mol. The van der Waals surface area contributed by atoms with Crippen LogP contribution in [0.5, 0.6) is 0 Å². The smallest absolute Gasteiger partial charge is 0.238 e. The maximum absolute atomic E-state index is 12.2. The minimum absolute atomic E-state index is 0.124. The van der Waals surface area contributed by atoms with Crippen LogP contribution in [0.4, 0.5) is 0 Å². The molecule has 1 N–H and O–H groups in total. The first kappa shape index (κ1) is 17.9. The number of thiophene rings is 1. The lowest BCUT2D eigenvalue weighted by molar-refractivity contribution is 0.101. The molecule has 0 aliphatic carbocycles. The Morgan fingerprint density at radius 3 is 2.72 bits per heavy atom. The first-order chi connectivity index (χ1) is 11.9. The molecule has 130 valence electrons. The molecule has 0 aliphatic heterocycles. The van der Waals surface area contributed by atoms with Crippen molar-refractivity contribution < 1.29 is 17.6 Å². The van der Waals surface area contributed by atoms with Crippen molar-refractivity contribution in [3.8, 4) is 0 Å². The van der Waals surface area contributed by atoms with E-state index in [0.29, 0.717) is 15.5 Å². The molecule has 2 aromatic heterocycles. The summed E-state index contributed by atoms with van der Waals surface area (Å²) in [6, 6.07) is 13.3. The van der Waals surface area contributed by atoms with Crippen LogP contribution in [0.3, 0.4) is 0 Å². The number of sulfonamides is 1. The molecule has 8 heteroatoms. The van der Waals surface area contributed by atoms with Gasteiger partial charge in [0.25, 0.3) is 0 Å². The van der Waals surface area contributed by atoms with Gasteiger partial charge in [0, 0.05) is 16.4 Å². The number of carbonyl (C=O) groups is 1. The number of halogens is 1. The summed E-state index contributed by atoms with van der Waals surface area (Å²) in [6.07, 6.45) is 1.44. The minimum atomic E-state index is -3.51. The molecule has 3 aromatic rings. The van der Waals surface area contributed by atoms with Crippen LogP contribution in [-0.2, 0) is 22.3 Å². The topological polar surface area (TPSA) is 76.4 Å². The summed E-state index contributed by atoms with van der Waals surface area (Å²) in [5, 5.41) is 0.493. The van der Waals surface area contributed by atoms with E-state index in [0.717, 1.165) is 4.88 Å². The molecule has 1 aromatic carbocycles. The Labute approximate surface area is 154 Å². The first-order valence-electron chi connectivity index (χ1n) is 7.32. The molecule has 5 nitrogen and oxygen atoms in total. The van der Waals surface area contributed by atoms with Crippen molar-refractivity contribution in [1.82, 2.24) is 4.72 Å². The van der Waals surface area contributed by atoms with Gasteiger partial charge in [-0.3, -0.25) is 4.79 Å². The van der Waals surface area contributed by atoms with Gasteiger partial charge in [0.2, 0.25) is 15.8 Å². The third kappa shape index (κ3) is 4.79. The molecule has 0 amide bonds. The quantitative estimate of drug-likeness (QED) is 0.616. The average Bonchev–Trinajstić information content (AvgIpc) is 3.24. The molecule has 0 atom stereocenters. The summed E-state index contributed by atoms with van der Waals surface area (Å²) >= 11 is 7.10. The summed E-state index contributed by atoms with van der Waals surface area (Å²) < 4.78 is 32.0. The van der Waals surface area contributed by atoms with Gasteiger partial charge in [0.15, 0.2) is 5.76 Å². The van der Waals surface area contributed by atoms with E-state index in [1.807, 2.05) is 0 Å². The second-order valence-corrected chi connectivity index (χ2v) is 8.69. The maximum atomic E-state index is 12.2. The number of benzene rings is 1. The SMILES string of the molecule is O=C(c1ccco1)c1ccc(CNS(=O)(=O)Cc2cccc(Cl)c2)s1. The monoisotopic (exact) mass is 395 g/mol. The summed E-state index contributed by atoms with van der Waals surface area (Å²) in [4.78, 5) is 13.4. The molecular formula is C17H14ClNO4S2. The maximum Gasteiger partial charge on any atom is 0.238 e. The van der Waals surface area contributed by atoms with Crippen LogP contribution >= 0.6 is 22.9 Å². The zero-order chi connectivity index (χ0) is 17.9. The highest BCUT2D eigenvalue weighted by Gasteiger charge is 2.16. The molecule has 0 fully saturated rings. The minimum Gasteiger partial charge on any atom is -0.461 e. The van der Waals surface area contributed by atoms with E-state index in [4.69, 9.17) is 16.0 Å². The highest BCUT2D eigenvalue weighted by Crippen LogP contribution is 2.21. The van der Waals surface area contributed by atoms with Crippen molar-refractivity contribution in [2.24, 2.45) is 0 Å². The van der Waals surface area contributed by atoms with Gasteiger partial charge >= 0.3 is 0 Å². The Balaban J connectivity index is 1.62. The van der Waals surface area contributed by atoms with Gasteiger partial charge in [-0.05, 0) is 42.0 Å². The predicted octanol–water partition coefficient (Wildman–Crippen LogP) is 3.85. The average molecular weight is 396 g/mol. The van der Waals surface area contributed by atoms with Crippen LogP contribution in [0.25, 0.3) is 0 Å². The molecule has 0 saturated carbocycles. The Morgan fingerprint density at radius 1 is 1.16 bits per heavy atom. The Hall–Kier alpha value is -1.93. The number of rotatable bonds is 7. The van der Waals surface area contributed by atoms with Crippen LogP contribution in [0.15, 0.2) is 59.2 Å². The van der Waals surface area contributed by atoms with Gasteiger partial charge < -0.3 is 4.42 Å².